The highest BCUT2D eigenvalue weighted by Crippen LogP contribution is 2.35. The molecule has 1 aliphatic rings. The lowest BCUT2D eigenvalue weighted by atomic mass is 10.0. The van der Waals surface area contributed by atoms with Crippen LogP contribution in [0.25, 0.3) is 10.8 Å². The monoisotopic (exact) mass is 214 g/mol. The predicted molar refractivity (Wildman–Crippen MR) is 62.8 cm³/mol. The minimum atomic E-state index is -0.330. The quantitative estimate of drug-likeness (QED) is 0.586. The Hall–Kier alpha value is -2.10. The highest BCUT2D eigenvalue weighted by Gasteiger charge is 2.17. The number of rotatable bonds is 1. The van der Waals surface area contributed by atoms with Crippen LogP contribution < -0.4 is 5.32 Å². The fourth-order valence-electron chi connectivity index (χ4n) is 2.28. The number of nitro benzene ring substituents is 1. The summed E-state index contributed by atoms with van der Waals surface area (Å²) in [4.78, 5) is 10.6. The fraction of sp³-hybridized carbons (Fsp3) is 0.167. The van der Waals surface area contributed by atoms with E-state index in [1.807, 2.05) is 18.2 Å². The van der Waals surface area contributed by atoms with Gasteiger partial charge in [-0.3, -0.25) is 10.1 Å². The van der Waals surface area contributed by atoms with Crippen molar-refractivity contribution in [1.29, 1.82) is 0 Å². The van der Waals surface area contributed by atoms with Crippen molar-refractivity contribution in [2.24, 2.45) is 0 Å². The van der Waals surface area contributed by atoms with Crippen LogP contribution in [0.2, 0.25) is 0 Å². The minimum Gasteiger partial charge on any atom is -0.384 e. The zero-order valence-corrected chi connectivity index (χ0v) is 8.56. The highest BCUT2D eigenvalue weighted by atomic mass is 16.6. The van der Waals surface area contributed by atoms with Crippen LogP contribution in [-0.4, -0.2) is 11.5 Å². The van der Waals surface area contributed by atoms with Gasteiger partial charge < -0.3 is 5.32 Å². The van der Waals surface area contributed by atoms with Crippen LogP contribution >= 0.6 is 0 Å². The van der Waals surface area contributed by atoms with Crippen molar-refractivity contribution < 1.29 is 4.92 Å². The summed E-state index contributed by atoms with van der Waals surface area (Å²) in [5.41, 5.74) is 2.48. The summed E-state index contributed by atoms with van der Waals surface area (Å²) in [6.45, 7) is 0.914. The predicted octanol–water partition coefficient (Wildman–Crippen LogP) is 2.72. The lowest BCUT2D eigenvalue weighted by molar-refractivity contribution is -0.383. The van der Waals surface area contributed by atoms with Crippen LogP contribution in [0.5, 0.6) is 0 Å². The lowest BCUT2D eigenvalue weighted by Gasteiger charge is -2.05. The minimum absolute atomic E-state index is 0.175. The molecule has 0 atom stereocenters. The van der Waals surface area contributed by atoms with Crippen molar-refractivity contribution in [2.45, 2.75) is 6.42 Å². The van der Waals surface area contributed by atoms with E-state index in [4.69, 9.17) is 0 Å². The zero-order valence-electron chi connectivity index (χ0n) is 8.56. The van der Waals surface area contributed by atoms with Crippen LogP contribution in [0.1, 0.15) is 5.56 Å². The van der Waals surface area contributed by atoms with Crippen molar-refractivity contribution in [3.05, 3.63) is 46.0 Å². The van der Waals surface area contributed by atoms with Crippen molar-refractivity contribution in [3.8, 4) is 0 Å². The maximum absolute atomic E-state index is 10.9. The van der Waals surface area contributed by atoms with E-state index in [1.54, 1.807) is 12.1 Å². The molecule has 0 fully saturated rings. The Balaban J connectivity index is 2.39. The number of non-ortho nitro benzene ring substituents is 1. The second-order valence-corrected chi connectivity index (χ2v) is 3.91. The second kappa shape index (κ2) is 3.20. The van der Waals surface area contributed by atoms with Gasteiger partial charge in [0.1, 0.15) is 0 Å². The Morgan fingerprint density at radius 3 is 2.88 bits per heavy atom. The van der Waals surface area contributed by atoms with Gasteiger partial charge in [-0.05, 0) is 18.1 Å². The molecule has 0 saturated heterocycles. The van der Waals surface area contributed by atoms with E-state index in [9.17, 15) is 10.1 Å². The summed E-state index contributed by atoms with van der Waals surface area (Å²) in [6.07, 6.45) is 0.994. The SMILES string of the molecule is O=[N+]([O-])c1cccc2c3c(ccc12)CCN3. The molecule has 80 valence electrons. The Bertz CT molecular complexity index is 593. The normalized spacial score (nSPS) is 13.5. The summed E-state index contributed by atoms with van der Waals surface area (Å²) in [5, 5.41) is 15.8. The van der Waals surface area contributed by atoms with Gasteiger partial charge in [0.2, 0.25) is 0 Å². The zero-order chi connectivity index (χ0) is 11.1. The number of fused-ring (bicyclic) bond motifs is 3. The molecule has 0 unspecified atom stereocenters. The van der Waals surface area contributed by atoms with E-state index >= 15 is 0 Å². The first-order chi connectivity index (χ1) is 7.77. The van der Waals surface area contributed by atoms with Crippen LogP contribution in [0.3, 0.4) is 0 Å². The van der Waals surface area contributed by atoms with Crippen molar-refractivity contribution >= 4 is 22.1 Å². The van der Waals surface area contributed by atoms with Crippen LogP contribution in [0, 0.1) is 10.1 Å². The van der Waals surface area contributed by atoms with E-state index in [1.165, 1.54) is 5.56 Å². The molecule has 0 aromatic heterocycles. The average Bonchev–Trinajstić information content (AvgIpc) is 2.76. The van der Waals surface area contributed by atoms with Gasteiger partial charge in [-0.1, -0.05) is 18.2 Å². The van der Waals surface area contributed by atoms with Crippen molar-refractivity contribution in [2.75, 3.05) is 11.9 Å². The van der Waals surface area contributed by atoms with Crippen LogP contribution in [0.4, 0.5) is 11.4 Å². The van der Waals surface area contributed by atoms with Crippen molar-refractivity contribution in [1.82, 2.24) is 0 Å². The topological polar surface area (TPSA) is 55.2 Å². The number of anilines is 1. The third-order valence-corrected chi connectivity index (χ3v) is 3.02. The molecule has 4 heteroatoms. The van der Waals surface area contributed by atoms with E-state index < -0.39 is 0 Å². The van der Waals surface area contributed by atoms with Gasteiger partial charge in [-0.25, -0.2) is 0 Å². The third kappa shape index (κ3) is 1.16. The molecule has 3 rings (SSSR count). The molecule has 2 aromatic carbocycles. The summed E-state index contributed by atoms with van der Waals surface area (Å²) in [5.74, 6) is 0. The third-order valence-electron chi connectivity index (χ3n) is 3.02. The Morgan fingerprint density at radius 1 is 1.19 bits per heavy atom. The van der Waals surface area contributed by atoms with E-state index in [0.29, 0.717) is 5.39 Å². The molecular weight excluding hydrogens is 204 g/mol. The molecular formula is C12H10N2O2. The maximum Gasteiger partial charge on any atom is 0.277 e. The maximum atomic E-state index is 10.9. The molecule has 4 nitrogen and oxygen atoms in total. The summed E-state index contributed by atoms with van der Waals surface area (Å²) < 4.78 is 0. The number of benzene rings is 2. The molecule has 1 N–H and O–H groups in total. The summed E-state index contributed by atoms with van der Waals surface area (Å²) in [7, 11) is 0. The van der Waals surface area contributed by atoms with Crippen LogP contribution in [-0.2, 0) is 6.42 Å². The molecule has 1 heterocycles. The van der Waals surface area contributed by atoms with E-state index in [-0.39, 0.29) is 10.6 Å². The van der Waals surface area contributed by atoms with Gasteiger partial charge in [0.15, 0.2) is 0 Å². The molecule has 0 radical (unpaired) electrons. The van der Waals surface area contributed by atoms with Gasteiger partial charge in [-0.2, -0.15) is 0 Å². The molecule has 0 aliphatic carbocycles. The number of hydrogen-bond acceptors (Lipinski definition) is 3. The molecule has 0 amide bonds. The lowest BCUT2D eigenvalue weighted by Crippen LogP contribution is -1.93. The Labute approximate surface area is 92.0 Å². The first-order valence-corrected chi connectivity index (χ1v) is 5.20. The highest BCUT2D eigenvalue weighted by molar-refractivity contribution is 6.01. The van der Waals surface area contributed by atoms with Gasteiger partial charge in [0.05, 0.1) is 10.3 Å². The smallest absolute Gasteiger partial charge is 0.277 e. The van der Waals surface area contributed by atoms with E-state index in [2.05, 4.69) is 5.32 Å². The molecule has 0 saturated carbocycles. The largest absolute Gasteiger partial charge is 0.384 e. The number of nitrogens with zero attached hydrogens (tertiary/aromatic N) is 1. The van der Waals surface area contributed by atoms with Crippen molar-refractivity contribution in [3.63, 3.8) is 0 Å². The van der Waals surface area contributed by atoms with Gasteiger partial charge in [0, 0.05) is 23.7 Å². The second-order valence-electron chi connectivity index (χ2n) is 3.91. The molecule has 16 heavy (non-hydrogen) atoms. The van der Waals surface area contributed by atoms with Gasteiger partial charge in [-0.15, -0.1) is 0 Å². The average molecular weight is 214 g/mol. The summed E-state index contributed by atoms with van der Waals surface area (Å²) >= 11 is 0. The number of nitro groups is 1. The summed E-state index contributed by atoms with van der Waals surface area (Å²) in [6, 6.07) is 9.04. The first kappa shape index (κ1) is 9.15. The molecule has 0 spiro atoms. The van der Waals surface area contributed by atoms with Gasteiger partial charge >= 0.3 is 0 Å². The van der Waals surface area contributed by atoms with Crippen LogP contribution in [0.15, 0.2) is 30.3 Å². The van der Waals surface area contributed by atoms with E-state index in [0.717, 1.165) is 24.0 Å². The van der Waals surface area contributed by atoms with Gasteiger partial charge in [0.25, 0.3) is 5.69 Å². The number of hydrogen-bond donors (Lipinski definition) is 1. The molecule has 1 aliphatic heterocycles. The standard InChI is InChI=1S/C12H10N2O2/c15-14(16)11-3-1-2-10-9(11)5-4-8-6-7-13-12(8)10/h1-5,13H,6-7H2. The Kier molecular flexibility index (Phi) is 1.83. The first-order valence-electron chi connectivity index (χ1n) is 5.20. The fourth-order valence-corrected chi connectivity index (χ4v) is 2.28. The number of nitrogens with one attached hydrogen (secondary N) is 1. The molecule has 2 aromatic rings. The Morgan fingerprint density at radius 2 is 2.06 bits per heavy atom. The molecule has 0 bridgehead atoms.